The standard InChI is InChI=1S/C13H16O5S/c1-19(16,17)9-13(5-6-13)8-18-11-4-2-3-10(7-11)12(14)15/h2-4,7H,5-6,8-9H2,1H3,(H,14,15). The monoisotopic (exact) mass is 284 g/mol. The molecule has 0 atom stereocenters. The number of benzene rings is 1. The highest BCUT2D eigenvalue weighted by Crippen LogP contribution is 2.46. The largest absolute Gasteiger partial charge is 0.493 e. The number of rotatable bonds is 6. The van der Waals surface area contributed by atoms with E-state index in [-0.39, 0.29) is 16.7 Å². The average molecular weight is 284 g/mol. The summed E-state index contributed by atoms with van der Waals surface area (Å²) in [6.45, 7) is 0.309. The van der Waals surface area contributed by atoms with Crippen molar-refractivity contribution < 1.29 is 23.1 Å². The zero-order valence-electron chi connectivity index (χ0n) is 10.6. The van der Waals surface area contributed by atoms with Gasteiger partial charge in [0, 0.05) is 11.7 Å². The fourth-order valence-corrected chi connectivity index (χ4v) is 3.50. The first kappa shape index (κ1) is 13.9. The minimum absolute atomic E-state index is 0.124. The van der Waals surface area contributed by atoms with Gasteiger partial charge in [0.1, 0.15) is 15.6 Å². The van der Waals surface area contributed by atoms with E-state index in [9.17, 15) is 13.2 Å². The second-order valence-electron chi connectivity index (χ2n) is 5.19. The maximum Gasteiger partial charge on any atom is 0.335 e. The summed E-state index contributed by atoms with van der Waals surface area (Å²) in [5, 5.41) is 8.87. The summed E-state index contributed by atoms with van der Waals surface area (Å²) in [4.78, 5) is 10.8. The van der Waals surface area contributed by atoms with Crippen LogP contribution in [0.15, 0.2) is 24.3 Å². The lowest BCUT2D eigenvalue weighted by atomic mass is 10.1. The number of carboxylic acids is 1. The Morgan fingerprint density at radius 2 is 2.11 bits per heavy atom. The molecule has 0 spiro atoms. The summed E-state index contributed by atoms with van der Waals surface area (Å²) in [7, 11) is -3.02. The summed E-state index contributed by atoms with van der Waals surface area (Å²) < 4.78 is 28.2. The van der Waals surface area contributed by atoms with E-state index < -0.39 is 15.8 Å². The normalized spacial score (nSPS) is 16.9. The van der Waals surface area contributed by atoms with E-state index in [1.54, 1.807) is 12.1 Å². The summed E-state index contributed by atoms with van der Waals surface area (Å²) >= 11 is 0. The Bertz CT molecular complexity index is 587. The topological polar surface area (TPSA) is 80.7 Å². The van der Waals surface area contributed by atoms with E-state index >= 15 is 0 Å². The third-order valence-electron chi connectivity index (χ3n) is 3.15. The van der Waals surface area contributed by atoms with Crippen molar-refractivity contribution in [3.8, 4) is 5.75 Å². The number of ether oxygens (including phenoxy) is 1. The first-order valence-corrected chi connectivity index (χ1v) is 8.00. The van der Waals surface area contributed by atoms with Gasteiger partial charge in [-0.25, -0.2) is 13.2 Å². The molecule has 1 aromatic rings. The van der Waals surface area contributed by atoms with E-state index in [4.69, 9.17) is 9.84 Å². The Hall–Kier alpha value is -1.56. The van der Waals surface area contributed by atoms with E-state index in [1.165, 1.54) is 18.4 Å². The molecular weight excluding hydrogens is 268 g/mol. The predicted octanol–water partition coefficient (Wildman–Crippen LogP) is 1.59. The quantitative estimate of drug-likeness (QED) is 0.858. The molecule has 0 unspecified atom stereocenters. The number of hydrogen-bond acceptors (Lipinski definition) is 4. The Labute approximate surface area is 112 Å². The highest BCUT2D eigenvalue weighted by atomic mass is 32.2. The molecule has 1 aliphatic carbocycles. The number of carboxylic acid groups (broad SMARTS) is 1. The van der Waals surface area contributed by atoms with Crippen molar-refractivity contribution in [3.05, 3.63) is 29.8 Å². The van der Waals surface area contributed by atoms with Gasteiger partial charge in [0.25, 0.3) is 0 Å². The van der Waals surface area contributed by atoms with Gasteiger partial charge in [-0.15, -0.1) is 0 Å². The van der Waals surface area contributed by atoms with Crippen LogP contribution in [0.3, 0.4) is 0 Å². The molecule has 0 saturated heterocycles. The van der Waals surface area contributed by atoms with Gasteiger partial charge < -0.3 is 9.84 Å². The fourth-order valence-electron chi connectivity index (χ4n) is 2.02. The van der Waals surface area contributed by atoms with E-state index in [0.29, 0.717) is 12.4 Å². The maximum absolute atomic E-state index is 11.3. The predicted molar refractivity (Wildman–Crippen MR) is 70.3 cm³/mol. The van der Waals surface area contributed by atoms with Crippen molar-refractivity contribution in [3.63, 3.8) is 0 Å². The molecule has 5 nitrogen and oxygen atoms in total. The Morgan fingerprint density at radius 3 is 2.63 bits per heavy atom. The molecule has 1 fully saturated rings. The second-order valence-corrected chi connectivity index (χ2v) is 7.33. The van der Waals surface area contributed by atoms with Crippen LogP contribution in [-0.4, -0.2) is 38.1 Å². The van der Waals surface area contributed by atoms with E-state index in [2.05, 4.69) is 0 Å². The molecule has 0 aromatic heterocycles. The first-order chi connectivity index (χ1) is 8.80. The molecule has 0 heterocycles. The third kappa shape index (κ3) is 3.96. The molecule has 104 valence electrons. The summed E-state index contributed by atoms with van der Waals surface area (Å²) in [6, 6.07) is 6.20. The zero-order valence-corrected chi connectivity index (χ0v) is 11.4. The fraction of sp³-hybridized carbons (Fsp3) is 0.462. The molecule has 1 aliphatic rings. The van der Waals surface area contributed by atoms with Gasteiger partial charge in [0.05, 0.1) is 17.9 Å². The Balaban J connectivity index is 1.99. The molecule has 1 saturated carbocycles. The van der Waals surface area contributed by atoms with Gasteiger partial charge in [0.15, 0.2) is 0 Å². The first-order valence-electron chi connectivity index (χ1n) is 5.94. The van der Waals surface area contributed by atoms with E-state index in [1.807, 2.05) is 0 Å². The smallest absolute Gasteiger partial charge is 0.335 e. The van der Waals surface area contributed by atoms with E-state index in [0.717, 1.165) is 12.8 Å². The second kappa shape index (κ2) is 4.85. The molecular formula is C13H16O5S. The Morgan fingerprint density at radius 1 is 1.42 bits per heavy atom. The SMILES string of the molecule is CS(=O)(=O)CC1(COc2cccc(C(=O)O)c2)CC1. The Kier molecular flexibility index (Phi) is 3.54. The van der Waals surface area contributed by atoms with Crippen LogP contribution < -0.4 is 4.74 Å². The molecule has 1 N–H and O–H groups in total. The molecule has 0 aliphatic heterocycles. The van der Waals surface area contributed by atoms with Crippen molar-refractivity contribution in [2.24, 2.45) is 5.41 Å². The van der Waals surface area contributed by atoms with Gasteiger partial charge in [-0.05, 0) is 31.0 Å². The number of sulfone groups is 1. The zero-order chi connectivity index (χ0) is 14.1. The van der Waals surface area contributed by atoms with Gasteiger partial charge in [0.2, 0.25) is 0 Å². The molecule has 6 heteroatoms. The van der Waals surface area contributed by atoms with Gasteiger partial charge in [-0.2, -0.15) is 0 Å². The number of hydrogen-bond donors (Lipinski definition) is 1. The summed E-state index contributed by atoms with van der Waals surface area (Å²) in [5.74, 6) is -0.430. The van der Waals surface area contributed by atoms with Crippen molar-refractivity contribution in [2.75, 3.05) is 18.6 Å². The molecule has 0 bridgehead atoms. The van der Waals surface area contributed by atoms with Crippen LogP contribution in [0, 0.1) is 5.41 Å². The van der Waals surface area contributed by atoms with Crippen LogP contribution in [0.25, 0.3) is 0 Å². The third-order valence-corrected chi connectivity index (χ3v) is 4.29. The molecule has 0 radical (unpaired) electrons. The average Bonchev–Trinajstić information content (AvgIpc) is 3.05. The highest BCUT2D eigenvalue weighted by molar-refractivity contribution is 7.90. The van der Waals surface area contributed by atoms with Crippen LogP contribution in [0.2, 0.25) is 0 Å². The van der Waals surface area contributed by atoms with Gasteiger partial charge in [-0.1, -0.05) is 6.07 Å². The van der Waals surface area contributed by atoms with Crippen LogP contribution in [0.1, 0.15) is 23.2 Å². The molecule has 0 amide bonds. The van der Waals surface area contributed by atoms with Crippen LogP contribution in [0.5, 0.6) is 5.75 Å². The van der Waals surface area contributed by atoms with Gasteiger partial charge in [-0.3, -0.25) is 0 Å². The lowest BCUT2D eigenvalue weighted by Crippen LogP contribution is -2.22. The van der Waals surface area contributed by atoms with Crippen LogP contribution >= 0.6 is 0 Å². The molecule has 19 heavy (non-hydrogen) atoms. The summed E-state index contributed by atoms with van der Waals surface area (Å²) in [5.41, 5.74) is -0.127. The summed E-state index contributed by atoms with van der Waals surface area (Å²) in [6.07, 6.45) is 2.88. The number of aromatic carboxylic acids is 1. The van der Waals surface area contributed by atoms with Gasteiger partial charge >= 0.3 is 5.97 Å². The minimum Gasteiger partial charge on any atom is -0.493 e. The maximum atomic E-state index is 11.3. The van der Waals surface area contributed by atoms with Crippen LogP contribution in [0.4, 0.5) is 0 Å². The lowest BCUT2D eigenvalue weighted by Gasteiger charge is -2.15. The van der Waals surface area contributed by atoms with Crippen molar-refractivity contribution >= 4 is 15.8 Å². The van der Waals surface area contributed by atoms with Crippen molar-refractivity contribution in [1.29, 1.82) is 0 Å². The number of carbonyl (C=O) groups is 1. The molecule has 1 aromatic carbocycles. The van der Waals surface area contributed by atoms with Crippen LogP contribution in [-0.2, 0) is 9.84 Å². The molecule has 2 rings (SSSR count). The lowest BCUT2D eigenvalue weighted by molar-refractivity contribution is 0.0696. The highest BCUT2D eigenvalue weighted by Gasteiger charge is 2.46. The minimum atomic E-state index is -3.02. The van der Waals surface area contributed by atoms with Crippen molar-refractivity contribution in [1.82, 2.24) is 0 Å². The van der Waals surface area contributed by atoms with Crippen molar-refractivity contribution in [2.45, 2.75) is 12.8 Å².